The molecule has 1 heterocycles. The molecule has 0 bridgehead atoms. The van der Waals surface area contributed by atoms with Crippen LogP contribution in [0.1, 0.15) is 20.8 Å². The van der Waals surface area contributed by atoms with Crippen LogP contribution in [-0.4, -0.2) is 6.21 Å². The van der Waals surface area contributed by atoms with Gasteiger partial charge in [0.2, 0.25) is 0 Å². The van der Waals surface area contributed by atoms with Crippen LogP contribution in [0, 0.1) is 5.92 Å². The van der Waals surface area contributed by atoms with E-state index in [0.29, 0.717) is 5.92 Å². The molecule has 1 rings (SSSR count). The van der Waals surface area contributed by atoms with Gasteiger partial charge in [-0.1, -0.05) is 13.0 Å². The lowest BCUT2D eigenvalue weighted by atomic mass is 10.0. The molecule has 1 unspecified atom stereocenters. The molecule has 10 heavy (non-hydrogen) atoms. The van der Waals surface area contributed by atoms with Gasteiger partial charge in [0.15, 0.2) is 0 Å². The van der Waals surface area contributed by atoms with Gasteiger partial charge in [0.25, 0.3) is 0 Å². The number of aliphatic imine (C=N–C) groups is 1. The van der Waals surface area contributed by atoms with Gasteiger partial charge in [0, 0.05) is 11.9 Å². The van der Waals surface area contributed by atoms with Gasteiger partial charge in [-0.25, -0.2) is 0 Å². The van der Waals surface area contributed by atoms with Crippen molar-refractivity contribution in [2.45, 2.75) is 20.8 Å². The average Bonchev–Trinajstić information content (AvgIpc) is 2.04. The zero-order valence-electron chi connectivity index (χ0n) is 6.76. The van der Waals surface area contributed by atoms with Gasteiger partial charge in [0.05, 0.1) is 0 Å². The van der Waals surface area contributed by atoms with Crippen LogP contribution in [0.3, 0.4) is 0 Å². The normalized spacial score (nSPS) is 25.3. The molecule has 54 valence electrons. The number of allylic oxidation sites excluding steroid dienone is 4. The van der Waals surface area contributed by atoms with E-state index in [1.165, 1.54) is 5.57 Å². The molecular weight excluding hydrogens is 122 g/mol. The van der Waals surface area contributed by atoms with Crippen LogP contribution in [0.25, 0.3) is 0 Å². The number of rotatable bonds is 0. The van der Waals surface area contributed by atoms with Crippen LogP contribution in [0.4, 0.5) is 0 Å². The summed E-state index contributed by atoms with van der Waals surface area (Å²) in [6.45, 7) is 6.37. The zero-order valence-corrected chi connectivity index (χ0v) is 6.76. The number of hydrogen-bond donors (Lipinski definition) is 0. The monoisotopic (exact) mass is 135 g/mol. The Labute approximate surface area is 62.2 Å². The van der Waals surface area contributed by atoms with E-state index in [1.807, 2.05) is 12.3 Å². The first kappa shape index (κ1) is 7.26. The van der Waals surface area contributed by atoms with Gasteiger partial charge in [0.1, 0.15) is 0 Å². The van der Waals surface area contributed by atoms with E-state index < -0.39 is 0 Å². The van der Waals surface area contributed by atoms with E-state index in [4.69, 9.17) is 0 Å². The second-order valence-electron chi connectivity index (χ2n) is 2.72. The maximum atomic E-state index is 4.22. The predicted molar refractivity (Wildman–Crippen MR) is 45.2 cm³/mol. The second kappa shape index (κ2) is 2.82. The third kappa shape index (κ3) is 1.35. The van der Waals surface area contributed by atoms with Crippen molar-refractivity contribution in [3.8, 4) is 0 Å². The molecule has 1 aliphatic rings. The molecule has 0 aromatic carbocycles. The highest BCUT2D eigenvalue weighted by Gasteiger charge is 2.03. The Morgan fingerprint density at radius 3 is 2.80 bits per heavy atom. The van der Waals surface area contributed by atoms with Crippen LogP contribution < -0.4 is 0 Å². The topological polar surface area (TPSA) is 12.4 Å². The molecule has 0 saturated heterocycles. The molecule has 0 aromatic heterocycles. The van der Waals surface area contributed by atoms with Crippen molar-refractivity contribution in [2.75, 3.05) is 0 Å². The largest absolute Gasteiger partial charge is 0.262 e. The maximum Gasteiger partial charge on any atom is 0.0367 e. The van der Waals surface area contributed by atoms with E-state index in [2.05, 4.69) is 31.8 Å². The first-order valence-electron chi connectivity index (χ1n) is 3.60. The Morgan fingerprint density at radius 2 is 2.10 bits per heavy atom. The molecule has 0 radical (unpaired) electrons. The Balaban J connectivity index is 2.96. The summed E-state index contributed by atoms with van der Waals surface area (Å²) in [5.74, 6) is 0.544. The minimum absolute atomic E-state index is 0.544. The minimum Gasteiger partial charge on any atom is -0.262 e. The summed E-state index contributed by atoms with van der Waals surface area (Å²) in [6, 6.07) is 0. The average molecular weight is 135 g/mol. The van der Waals surface area contributed by atoms with Gasteiger partial charge < -0.3 is 0 Å². The minimum atomic E-state index is 0.544. The van der Waals surface area contributed by atoms with Crippen LogP contribution >= 0.6 is 0 Å². The molecule has 0 saturated carbocycles. The van der Waals surface area contributed by atoms with E-state index in [-0.39, 0.29) is 0 Å². The summed E-state index contributed by atoms with van der Waals surface area (Å²) in [7, 11) is 0. The first-order chi connectivity index (χ1) is 4.72. The summed E-state index contributed by atoms with van der Waals surface area (Å²) >= 11 is 0. The summed E-state index contributed by atoms with van der Waals surface area (Å²) in [4.78, 5) is 4.22. The highest BCUT2D eigenvalue weighted by Crippen LogP contribution is 2.17. The number of nitrogens with zero attached hydrogens (tertiary/aromatic N) is 1. The predicted octanol–water partition coefficient (Wildman–Crippen LogP) is 2.56. The molecule has 1 heteroatoms. The fraction of sp³-hybridized carbons (Fsp3) is 0.444. The third-order valence-corrected chi connectivity index (χ3v) is 2.01. The van der Waals surface area contributed by atoms with Crippen LogP contribution in [0.5, 0.6) is 0 Å². The summed E-state index contributed by atoms with van der Waals surface area (Å²) < 4.78 is 0. The van der Waals surface area contributed by atoms with Gasteiger partial charge in [-0.05, 0) is 31.4 Å². The summed E-state index contributed by atoms with van der Waals surface area (Å²) in [5.41, 5.74) is 2.52. The second-order valence-corrected chi connectivity index (χ2v) is 2.72. The van der Waals surface area contributed by atoms with Gasteiger partial charge in [-0.2, -0.15) is 0 Å². The van der Waals surface area contributed by atoms with Crippen molar-refractivity contribution in [1.82, 2.24) is 0 Å². The van der Waals surface area contributed by atoms with Crippen molar-refractivity contribution in [2.24, 2.45) is 10.9 Å². The lowest BCUT2D eigenvalue weighted by Gasteiger charge is -2.05. The molecule has 1 aliphatic heterocycles. The van der Waals surface area contributed by atoms with E-state index in [9.17, 15) is 0 Å². The Hall–Kier alpha value is -0.850. The van der Waals surface area contributed by atoms with Crippen molar-refractivity contribution in [1.29, 1.82) is 0 Å². The highest BCUT2D eigenvalue weighted by molar-refractivity contribution is 5.73. The Bertz CT molecular complexity index is 209. The first-order valence-corrected chi connectivity index (χ1v) is 3.60. The molecule has 1 nitrogen and oxygen atoms in total. The standard InChI is InChI=1S/C9H13N/c1-7-5-4-6-10-9(3)8(7)2/h4-7H,1-3H3. The van der Waals surface area contributed by atoms with Crippen molar-refractivity contribution in [3.05, 3.63) is 23.4 Å². The summed E-state index contributed by atoms with van der Waals surface area (Å²) in [6.07, 6.45) is 6.02. The third-order valence-electron chi connectivity index (χ3n) is 2.01. The molecule has 1 atom stereocenters. The van der Waals surface area contributed by atoms with Crippen molar-refractivity contribution in [3.63, 3.8) is 0 Å². The van der Waals surface area contributed by atoms with Crippen molar-refractivity contribution >= 4 is 6.21 Å². The smallest absolute Gasteiger partial charge is 0.0367 e. The lowest BCUT2D eigenvalue weighted by molar-refractivity contribution is 0.845. The number of hydrogen-bond acceptors (Lipinski definition) is 1. The van der Waals surface area contributed by atoms with E-state index in [0.717, 1.165) is 5.70 Å². The molecular formula is C9H13N. The Morgan fingerprint density at radius 1 is 1.40 bits per heavy atom. The fourth-order valence-corrected chi connectivity index (χ4v) is 0.947. The van der Waals surface area contributed by atoms with Crippen LogP contribution in [0.15, 0.2) is 28.4 Å². The summed E-state index contributed by atoms with van der Waals surface area (Å²) in [5, 5.41) is 0. The van der Waals surface area contributed by atoms with E-state index >= 15 is 0 Å². The van der Waals surface area contributed by atoms with E-state index in [1.54, 1.807) is 0 Å². The lowest BCUT2D eigenvalue weighted by Crippen LogP contribution is -1.91. The van der Waals surface area contributed by atoms with Crippen molar-refractivity contribution < 1.29 is 0 Å². The quantitative estimate of drug-likeness (QED) is 0.484. The maximum absolute atomic E-state index is 4.22. The molecule has 0 aromatic rings. The molecule has 0 amide bonds. The Kier molecular flexibility index (Phi) is 2.05. The van der Waals surface area contributed by atoms with Gasteiger partial charge >= 0.3 is 0 Å². The fourth-order valence-electron chi connectivity index (χ4n) is 0.947. The molecule has 0 aliphatic carbocycles. The highest BCUT2D eigenvalue weighted by atomic mass is 14.7. The van der Waals surface area contributed by atoms with Crippen LogP contribution in [0.2, 0.25) is 0 Å². The molecule has 0 fully saturated rings. The van der Waals surface area contributed by atoms with Crippen LogP contribution in [-0.2, 0) is 0 Å². The zero-order chi connectivity index (χ0) is 7.56. The molecule has 0 N–H and O–H groups in total. The van der Waals surface area contributed by atoms with Gasteiger partial charge in [-0.15, -0.1) is 0 Å². The van der Waals surface area contributed by atoms with Gasteiger partial charge in [-0.3, -0.25) is 4.99 Å². The molecule has 0 spiro atoms. The SMILES string of the molecule is CC1=C(C)C(C)C=CC=N1.